The molecular formula is C14H14BrN3O2S. The summed E-state index contributed by atoms with van der Waals surface area (Å²) in [5.74, 6) is -0.133. The molecule has 1 N–H and O–H groups in total. The number of carbonyl (C=O) groups is 1. The number of halogens is 1. The third kappa shape index (κ3) is 2.75. The van der Waals surface area contributed by atoms with Crippen molar-refractivity contribution in [3.8, 4) is 0 Å². The van der Waals surface area contributed by atoms with Crippen LogP contribution >= 0.6 is 27.3 Å². The van der Waals surface area contributed by atoms with Crippen molar-refractivity contribution in [1.82, 2.24) is 14.9 Å². The number of rotatable bonds is 4. The zero-order valence-electron chi connectivity index (χ0n) is 11.6. The third-order valence-electron chi connectivity index (χ3n) is 3.27. The van der Waals surface area contributed by atoms with Crippen LogP contribution in [0.1, 0.15) is 28.1 Å². The second-order valence-corrected chi connectivity index (χ2v) is 6.38. The fourth-order valence-corrected chi connectivity index (χ4v) is 3.29. The molecule has 3 aromatic heterocycles. The smallest absolute Gasteiger partial charge is 0.268 e. The molecule has 0 saturated heterocycles. The number of nitrogens with zero attached hydrogens (tertiary/aromatic N) is 2. The molecular weight excluding hydrogens is 354 g/mol. The molecule has 1 amide bonds. The van der Waals surface area contributed by atoms with Gasteiger partial charge in [-0.25, -0.2) is 4.98 Å². The number of carbonyl (C=O) groups excluding carboxylic acids is 1. The Morgan fingerprint density at radius 1 is 1.52 bits per heavy atom. The molecule has 0 aliphatic carbocycles. The monoisotopic (exact) mass is 367 g/mol. The zero-order valence-corrected chi connectivity index (χ0v) is 14.0. The molecule has 3 rings (SSSR count). The van der Waals surface area contributed by atoms with Crippen molar-refractivity contribution in [3.63, 3.8) is 0 Å². The minimum atomic E-state index is -0.133. The maximum absolute atomic E-state index is 12.3. The molecule has 5 nitrogen and oxygen atoms in total. The van der Waals surface area contributed by atoms with Gasteiger partial charge in [-0.05, 0) is 22.4 Å². The summed E-state index contributed by atoms with van der Waals surface area (Å²) in [6, 6.07) is 3.59. The van der Waals surface area contributed by atoms with Crippen molar-refractivity contribution >= 4 is 44.3 Å². The summed E-state index contributed by atoms with van der Waals surface area (Å²) in [6.45, 7) is 2.50. The average Bonchev–Trinajstić information content (AvgIpc) is 3.13. The summed E-state index contributed by atoms with van der Waals surface area (Å²) in [7, 11) is 1.84. The lowest BCUT2D eigenvalue weighted by atomic mass is 10.3. The van der Waals surface area contributed by atoms with Crippen LogP contribution in [0.25, 0.3) is 11.1 Å². The Morgan fingerprint density at radius 3 is 3.00 bits per heavy atom. The van der Waals surface area contributed by atoms with E-state index in [9.17, 15) is 4.79 Å². The maximum atomic E-state index is 12.3. The lowest BCUT2D eigenvalue weighted by Gasteiger charge is -2.04. The number of fused-ring (bicyclic) bond motifs is 1. The number of hydrogen-bond donors (Lipinski definition) is 1. The normalized spacial score (nSPS) is 11.2. The Labute approximate surface area is 134 Å². The first-order valence-corrected chi connectivity index (χ1v) is 8.22. The van der Waals surface area contributed by atoms with Crippen LogP contribution in [0.3, 0.4) is 0 Å². The molecule has 110 valence electrons. The third-order valence-corrected chi connectivity index (χ3v) is 4.70. The predicted molar refractivity (Wildman–Crippen MR) is 85.5 cm³/mol. The van der Waals surface area contributed by atoms with E-state index in [1.807, 2.05) is 23.1 Å². The highest BCUT2D eigenvalue weighted by atomic mass is 79.9. The summed E-state index contributed by atoms with van der Waals surface area (Å²) in [5.41, 5.74) is 3.04. The molecule has 0 spiro atoms. The van der Waals surface area contributed by atoms with Crippen molar-refractivity contribution in [2.75, 3.05) is 0 Å². The fraction of sp³-hybridized carbons (Fsp3) is 0.286. The van der Waals surface area contributed by atoms with Gasteiger partial charge >= 0.3 is 0 Å². The van der Waals surface area contributed by atoms with Crippen LogP contribution in [0.4, 0.5) is 0 Å². The van der Waals surface area contributed by atoms with Crippen LogP contribution in [0.5, 0.6) is 0 Å². The summed E-state index contributed by atoms with van der Waals surface area (Å²) >= 11 is 4.90. The second kappa shape index (κ2) is 5.65. The highest BCUT2D eigenvalue weighted by Crippen LogP contribution is 2.26. The molecule has 0 unspecified atom stereocenters. The summed E-state index contributed by atoms with van der Waals surface area (Å²) in [6.07, 6.45) is 0.918. The van der Waals surface area contributed by atoms with Crippen LogP contribution in [0.15, 0.2) is 26.6 Å². The first-order valence-electron chi connectivity index (χ1n) is 6.54. The fourth-order valence-electron chi connectivity index (χ4n) is 2.15. The number of amides is 1. The Hall–Kier alpha value is -1.60. The van der Waals surface area contributed by atoms with Gasteiger partial charge in [-0.3, -0.25) is 4.79 Å². The van der Waals surface area contributed by atoms with Gasteiger partial charge in [0.05, 0.1) is 22.8 Å². The van der Waals surface area contributed by atoms with Crippen LogP contribution in [0, 0.1) is 0 Å². The lowest BCUT2D eigenvalue weighted by molar-refractivity contribution is 0.0942. The Morgan fingerprint density at radius 2 is 2.33 bits per heavy atom. The first-order chi connectivity index (χ1) is 10.1. The minimum absolute atomic E-state index is 0.133. The molecule has 0 aromatic carbocycles. The molecule has 0 fully saturated rings. The van der Waals surface area contributed by atoms with E-state index in [1.54, 1.807) is 17.4 Å². The SMILES string of the molecule is CCc1nc(CNC(=O)c2cc3oc(Br)cc3n2C)cs1. The topological polar surface area (TPSA) is 60.1 Å². The molecule has 0 aliphatic rings. The summed E-state index contributed by atoms with van der Waals surface area (Å²) in [5, 5.41) is 5.95. The van der Waals surface area contributed by atoms with E-state index in [2.05, 4.69) is 33.2 Å². The largest absolute Gasteiger partial charge is 0.448 e. The second-order valence-electron chi connectivity index (χ2n) is 4.66. The summed E-state index contributed by atoms with van der Waals surface area (Å²) in [4.78, 5) is 16.7. The van der Waals surface area contributed by atoms with Crippen LogP contribution in [-0.2, 0) is 20.0 Å². The molecule has 0 atom stereocenters. The van der Waals surface area contributed by atoms with E-state index in [0.717, 1.165) is 22.6 Å². The Bertz CT molecular complexity index is 802. The number of furan rings is 1. The van der Waals surface area contributed by atoms with Gasteiger partial charge in [-0.15, -0.1) is 11.3 Å². The van der Waals surface area contributed by atoms with Gasteiger partial charge in [0.1, 0.15) is 5.69 Å². The van der Waals surface area contributed by atoms with Crippen molar-refractivity contribution in [3.05, 3.63) is 38.6 Å². The van der Waals surface area contributed by atoms with E-state index in [-0.39, 0.29) is 5.91 Å². The summed E-state index contributed by atoms with van der Waals surface area (Å²) < 4.78 is 7.94. The van der Waals surface area contributed by atoms with E-state index in [0.29, 0.717) is 22.5 Å². The van der Waals surface area contributed by atoms with Gasteiger partial charge in [-0.1, -0.05) is 6.92 Å². The van der Waals surface area contributed by atoms with Crippen molar-refractivity contribution in [1.29, 1.82) is 0 Å². The molecule has 7 heteroatoms. The molecule has 0 bridgehead atoms. The molecule has 3 aromatic rings. The molecule has 3 heterocycles. The highest BCUT2D eigenvalue weighted by molar-refractivity contribution is 9.10. The van der Waals surface area contributed by atoms with Crippen LogP contribution < -0.4 is 5.32 Å². The van der Waals surface area contributed by atoms with E-state index < -0.39 is 0 Å². The number of aryl methyl sites for hydroxylation is 2. The van der Waals surface area contributed by atoms with Crippen molar-refractivity contribution < 1.29 is 9.21 Å². The number of nitrogens with one attached hydrogen (secondary N) is 1. The minimum Gasteiger partial charge on any atom is -0.448 e. The lowest BCUT2D eigenvalue weighted by Crippen LogP contribution is -2.25. The highest BCUT2D eigenvalue weighted by Gasteiger charge is 2.16. The van der Waals surface area contributed by atoms with E-state index in [1.165, 1.54) is 0 Å². The number of hydrogen-bond acceptors (Lipinski definition) is 4. The van der Waals surface area contributed by atoms with Gasteiger partial charge in [0.2, 0.25) is 0 Å². The Kier molecular flexibility index (Phi) is 3.86. The molecule has 0 aliphatic heterocycles. The predicted octanol–water partition coefficient (Wildman–Crippen LogP) is 3.48. The quantitative estimate of drug-likeness (QED) is 0.767. The number of thiazole rings is 1. The van der Waals surface area contributed by atoms with Crippen LogP contribution in [-0.4, -0.2) is 15.5 Å². The van der Waals surface area contributed by atoms with Crippen LogP contribution in [0.2, 0.25) is 0 Å². The van der Waals surface area contributed by atoms with Gasteiger partial charge in [-0.2, -0.15) is 0 Å². The maximum Gasteiger partial charge on any atom is 0.268 e. The van der Waals surface area contributed by atoms with E-state index >= 15 is 0 Å². The van der Waals surface area contributed by atoms with Gasteiger partial charge < -0.3 is 14.3 Å². The average molecular weight is 368 g/mol. The van der Waals surface area contributed by atoms with Crippen molar-refractivity contribution in [2.45, 2.75) is 19.9 Å². The standard InChI is InChI=1S/C14H14BrN3O2S/c1-3-13-17-8(7-21-13)6-16-14(19)10-4-11-9(18(10)2)5-12(15)20-11/h4-5,7H,3,6H2,1-2H3,(H,16,19). The number of aromatic nitrogens is 2. The molecule has 0 saturated carbocycles. The molecule has 0 radical (unpaired) electrons. The molecule has 21 heavy (non-hydrogen) atoms. The van der Waals surface area contributed by atoms with Crippen molar-refractivity contribution in [2.24, 2.45) is 7.05 Å². The Balaban J connectivity index is 1.74. The van der Waals surface area contributed by atoms with E-state index in [4.69, 9.17) is 4.42 Å². The first kappa shape index (κ1) is 14.3. The van der Waals surface area contributed by atoms with Gasteiger partial charge in [0, 0.05) is 24.6 Å². The zero-order chi connectivity index (χ0) is 15.0. The van der Waals surface area contributed by atoms with Gasteiger partial charge in [0.25, 0.3) is 5.91 Å². The van der Waals surface area contributed by atoms with Gasteiger partial charge in [0.15, 0.2) is 10.3 Å².